The Kier molecular flexibility index (Phi) is 6.84. The van der Waals surface area contributed by atoms with E-state index in [1.165, 1.54) is 7.11 Å². The Morgan fingerprint density at radius 2 is 1.88 bits per heavy atom. The van der Waals surface area contributed by atoms with Crippen molar-refractivity contribution in [3.63, 3.8) is 0 Å². The molecule has 0 bridgehead atoms. The molecule has 0 aliphatic carbocycles. The molecule has 0 saturated carbocycles. The van der Waals surface area contributed by atoms with E-state index in [1.54, 1.807) is 36.4 Å². The number of methoxy groups -OCH3 is 1. The van der Waals surface area contributed by atoms with Crippen LogP contribution >= 0.6 is 39.1 Å². The summed E-state index contributed by atoms with van der Waals surface area (Å²) >= 11 is 15.5. The summed E-state index contributed by atoms with van der Waals surface area (Å²) < 4.78 is 5.24. The molecule has 1 atom stereocenters. The highest BCUT2D eigenvalue weighted by molar-refractivity contribution is 9.10. The number of carbonyl (C=O) groups is 2. The van der Waals surface area contributed by atoms with E-state index >= 15 is 0 Å². The standard InChI is InChI=1S/C17H15BrCl2N2O3/c1-25-17(24)13(21)8-9-5-6-14(10(18)7-9)22-16(23)15-11(19)3-2-4-12(15)20/h2-7,13H,8,21H2,1H3,(H,22,23)/t13-/m1/s1. The first-order valence-electron chi connectivity index (χ1n) is 7.20. The number of halogens is 3. The van der Waals surface area contributed by atoms with Crippen LogP contribution in [0.3, 0.4) is 0 Å². The van der Waals surface area contributed by atoms with Crippen LogP contribution in [0.15, 0.2) is 40.9 Å². The predicted octanol–water partition coefficient (Wildman–Crippen LogP) is 4.05. The summed E-state index contributed by atoms with van der Waals surface area (Å²) in [5.74, 6) is -0.905. The lowest BCUT2D eigenvalue weighted by atomic mass is 10.1. The van der Waals surface area contributed by atoms with Gasteiger partial charge in [0.25, 0.3) is 5.91 Å². The van der Waals surface area contributed by atoms with Crippen LogP contribution in [0.4, 0.5) is 5.69 Å². The fourth-order valence-corrected chi connectivity index (χ4v) is 3.27. The summed E-state index contributed by atoms with van der Waals surface area (Å²) in [6.45, 7) is 0. The molecule has 25 heavy (non-hydrogen) atoms. The third kappa shape index (κ3) is 4.95. The van der Waals surface area contributed by atoms with Crippen LogP contribution in [0.5, 0.6) is 0 Å². The van der Waals surface area contributed by atoms with Crippen molar-refractivity contribution in [2.75, 3.05) is 12.4 Å². The minimum Gasteiger partial charge on any atom is -0.468 e. The quantitative estimate of drug-likeness (QED) is 0.680. The van der Waals surface area contributed by atoms with E-state index < -0.39 is 17.9 Å². The predicted molar refractivity (Wildman–Crippen MR) is 102 cm³/mol. The van der Waals surface area contributed by atoms with Gasteiger partial charge in [0.15, 0.2) is 0 Å². The number of amides is 1. The molecule has 0 aromatic heterocycles. The lowest BCUT2D eigenvalue weighted by molar-refractivity contribution is -0.142. The van der Waals surface area contributed by atoms with Crippen LogP contribution < -0.4 is 11.1 Å². The largest absolute Gasteiger partial charge is 0.468 e. The lowest BCUT2D eigenvalue weighted by Crippen LogP contribution is -2.33. The molecule has 3 N–H and O–H groups in total. The van der Waals surface area contributed by atoms with Crippen molar-refractivity contribution in [3.8, 4) is 0 Å². The first-order valence-corrected chi connectivity index (χ1v) is 8.75. The van der Waals surface area contributed by atoms with Crippen LogP contribution in [0.1, 0.15) is 15.9 Å². The van der Waals surface area contributed by atoms with Gasteiger partial charge in [-0.3, -0.25) is 9.59 Å². The Morgan fingerprint density at radius 1 is 1.24 bits per heavy atom. The van der Waals surface area contributed by atoms with Gasteiger partial charge in [0.2, 0.25) is 0 Å². The molecule has 0 aliphatic rings. The van der Waals surface area contributed by atoms with Crippen LogP contribution in [-0.2, 0) is 16.0 Å². The van der Waals surface area contributed by atoms with Gasteiger partial charge in [-0.25, -0.2) is 0 Å². The molecule has 2 aromatic carbocycles. The first-order chi connectivity index (χ1) is 11.8. The van der Waals surface area contributed by atoms with Gasteiger partial charge in [-0.05, 0) is 52.2 Å². The third-order valence-corrected chi connectivity index (χ3v) is 4.72. The number of nitrogens with one attached hydrogen (secondary N) is 1. The molecular weight excluding hydrogens is 431 g/mol. The van der Waals surface area contributed by atoms with Crippen LogP contribution in [-0.4, -0.2) is 25.0 Å². The van der Waals surface area contributed by atoms with E-state index in [-0.39, 0.29) is 15.6 Å². The van der Waals surface area contributed by atoms with Gasteiger partial charge in [0.05, 0.1) is 28.4 Å². The van der Waals surface area contributed by atoms with Crippen LogP contribution in [0.25, 0.3) is 0 Å². The number of rotatable bonds is 5. The van der Waals surface area contributed by atoms with Gasteiger partial charge < -0.3 is 15.8 Å². The van der Waals surface area contributed by atoms with E-state index in [0.717, 1.165) is 5.56 Å². The van der Waals surface area contributed by atoms with Gasteiger partial charge in [-0.1, -0.05) is 35.3 Å². The summed E-state index contributed by atoms with van der Waals surface area (Å²) in [7, 11) is 1.29. The molecule has 1 amide bonds. The summed E-state index contributed by atoms with van der Waals surface area (Å²) in [6.07, 6.45) is 0.315. The Morgan fingerprint density at radius 3 is 2.44 bits per heavy atom. The van der Waals surface area contributed by atoms with E-state index in [1.807, 2.05) is 0 Å². The van der Waals surface area contributed by atoms with Crippen molar-refractivity contribution in [1.82, 2.24) is 0 Å². The fourth-order valence-electron chi connectivity index (χ4n) is 2.18. The van der Waals surface area contributed by atoms with Gasteiger partial charge in [0, 0.05) is 4.47 Å². The number of hydrogen-bond donors (Lipinski definition) is 2. The Balaban J connectivity index is 2.16. The molecule has 8 heteroatoms. The maximum atomic E-state index is 12.4. The second kappa shape index (κ2) is 8.67. The van der Waals surface area contributed by atoms with E-state index in [9.17, 15) is 9.59 Å². The molecule has 2 rings (SSSR count). The van der Waals surface area contributed by atoms with E-state index in [2.05, 4.69) is 26.0 Å². The van der Waals surface area contributed by atoms with E-state index in [0.29, 0.717) is 16.6 Å². The lowest BCUT2D eigenvalue weighted by Gasteiger charge is -2.13. The van der Waals surface area contributed by atoms with Crippen molar-refractivity contribution >= 4 is 56.7 Å². The van der Waals surface area contributed by atoms with Gasteiger partial charge >= 0.3 is 5.97 Å². The molecule has 0 heterocycles. The SMILES string of the molecule is COC(=O)[C@H](N)Cc1ccc(NC(=O)c2c(Cl)cccc2Cl)c(Br)c1. The van der Waals surface area contributed by atoms with Crippen molar-refractivity contribution < 1.29 is 14.3 Å². The van der Waals surface area contributed by atoms with Crippen molar-refractivity contribution in [2.24, 2.45) is 5.73 Å². The minimum atomic E-state index is -0.751. The average molecular weight is 446 g/mol. The molecule has 0 unspecified atom stereocenters. The number of esters is 1. The Labute approximate surface area is 163 Å². The minimum absolute atomic E-state index is 0.203. The molecule has 0 fully saturated rings. The van der Waals surface area contributed by atoms with Gasteiger partial charge in [-0.15, -0.1) is 0 Å². The molecular formula is C17H15BrCl2N2O3. The maximum Gasteiger partial charge on any atom is 0.322 e. The average Bonchev–Trinajstić information content (AvgIpc) is 2.56. The zero-order valence-corrected chi connectivity index (χ0v) is 16.3. The molecule has 0 radical (unpaired) electrons. The first kappa shape index (κ1) is 19.7. The zero-order valence-electron chi connectivity index (χ0n) is 13.2. The Hall–Kier alpha value is -1.60. The molecule has 132 valence electrons. The molecule has 0 aliphatic heterocycles. The normalized spacial score (nSPS) is 11.7. The fraction of sp³-hybridized carbons (Fsp3) is 0.176. The molecule has 2 aromatic rings. The molecule has 0 spiro atoms. The summed E-state index contributed by atoms with van der Waals surface area (Å²) in [5, 5.41) is 3.28. The highest BCUT2D eigenvalue weighted by Gasteiger charge is 2.17. The second-order valence-corrected chi connectivity index (χ2v) is 6.87. The van der Waals surface area contributed by atoms with E-state index in [4.69, 9.17) is 28.9 Å². The molecule has 0 saturated heterocycles. The maximum absolute atomic E-state index is 12.4. The molecule has 5 nitrogen and oxygen atoms in total. The van der Waals surface area contributed by atoms with Crippen molar-refractivity contribution in [3.05, 3.63) is 62.0 Å². The summed E-state index contributed by atoms with van der Waals surface area (Å²) in [4.78, 5) is 23.8. The highest BCUT2D eigenvalue weighted by atomic mass is 79.9. The number of benzene rings is 2. The van der Waals surface area contributed by atoms with Crippen molar-refractivity contribution in [2.45, 2.75) is 12.5 Å². The van der Waals surface area contributed by atoms with Gasteiger partial charge in [0.1, 0.15) is 6.04 Å². The monoisotopic (exact) mass is 444 g/mol. The number of ether oxygens (including phenoxy) is 1. The number of carbonyl (C=O) groups excluding carboxylic acids is 2. The number of nitrogens with two attached hydrogens (primary N) is 1. The summed E-state index contributed by atoms with van der Waals surface area (Å²) in [5.41, 5.74) is 7.31. The zero-order chi connectivity index (χ0) is 18.6. The highest BCUT2D eigenvalue weighted by Crippen LogP contribution is 2.28. The third-order valence-electron chi connectivity index (χ3n) is 3.43. The van der Waals surface area contributed by atoms with Crippen molar-refractivity contribution in [1.29, 1.82) is 0 Å². The second-order valence-electron chi connectivity index (χ2n) is 5.20. The van der Waals surface area contributed by atoms with Gasteiger partial charge in [-0.2, -0.15) is 0 Å². The van der Waals surface area contributed by atoms with Crippen LogP contribution in [0, 0.1) is 0 Å². The van der Waals surface area contributed by atoms with Crippen LogP contribution in [0.2, 0.25) is 10.0 Å². The number of hydrogen-bond acceptors (Lipinski definition) is 4. The number of anilines is 1. The summed E-state index contributed by atoms with van der Waals surface area (Å²) in [6, 6.07) is 9.33. The Bertz CT molecular complexity index is 794. The topological polar surface area (TPSA) is 81.4 Å². The smallest absolute Gasteiger partial charge is 0.322 e.